The number of para-hydroxylation sites is 1. The summed E-state index contributed by atoms with van der Waals surface area (Å²) in [6.07, 6.45) is 8.13. The predicted molar refractivity (Wildman–Crippen MR) is 193 cm³/mol. The van der Waals surface area contributed by atoms with E-state index >= 15 is 0 Å². The third kappa shape index (κ3) is 4.58. The molecule has 0 aliphatic heterocycles. The molecule has 1 aliphatic rings. The van der Waals surface area contributed by atoms with Crippen LogP contribution in [0.1, 0.15) is 17.5 Å². The maximum Gasteiger partial charge on any atom is 0.0991 e. The van der Waals surface area contributed by atoms with E-state index in [2.05, 4.69) is 174 Å². The lowest BCUT2D eigenvalue weighted by Crippen LogP contribution is -2.20. The van der Waals surface area contributed by atoms with Gasteiger partial charge in [-0.25, -0.2) is 0 Å². The molecule has 6 aromatic carbocycles. The monoisotopic (exact) mass is 608 g/mol. The summed E-state index contributed by atoms with van der Waals surface area (Å²) in [7, 11) is -1.81. The number of nitriles is 1. The minimum atomic E-state index is -1.81. The van der Waals surface area contributed by atoms with Crippen molar-refractivity contribution >= 4 is 37.4 Å². The van der Waals surface area contributed by atoms with E-state index in [4.69, 9.17) is 0 Å². The maximum absolute atomic E-state index is 9.78. The van der Waals surface area contributed by atoms with Gasteiger partial charge in [-0.1, -0.05) is 109 Å². The van der Waals surface area contributed by atoms with Crippen LogP contribution in [0.15, 0.2) is 191 Å². The van der Waals surface area contributed by atoms with Crippen molar-refractivity contribution in [3.8, 4) is 11.8 Å². The summed E-state index contributed by atoms with van der Waals surface area (Å²) >= 11 is 0. The average molecular weight is 609 g/mol. The molecule has 46 heavy (non-hydrogen) atoms. The van der Waals surface area contributed by atoms with Crippen molar-refractivity contribution in [2.24, 2.45) is 0 Å². The molecule has 0 N–H and O–H groups in total. The Kier molecular flexibility index (Phi) is 7.14. The van der Waals surface area contributed by atoms with Gasteiger partial charge in [-0.05, 0) is 94.1 Å². The molecule has 2 nitrogen and oxygen atoms in total. The largest absolute Gasteiger partial charge is 0.309 e. The zero-order valence-corrected chi connectivity index (χ0v) is 26.1. The average Bonchev–Trinajstić information content (AvgIpc) is 3.47. The zero-order valence-electron chi connectivity index (χ0n) is 25.3. The smallest absolute Gasteiger partial charge is 0.0991 e. The highest BCUT2D eigenvalue weighted by molar-refractivity contribution is 8.34. The topological polar surface area (TPSA) is 28.7 Å². The Morgan fingerprint density at radius 2 is 1.22 bits per heavy atom. The lowest BCUT2D eigenvalue weighted by Gasteiger charge is -2.47. The molecule has 0 spiro atoms. The predicted octanol–water partition coefficient (Wildman–Crippen LogP) is 11.3. The van der Waals surface area contributed by atoms with Gasteiger partial charge in [-0.3, -0.25) is 0 Å². The van der Waals surface area contributed by atoms with Crippen LogP contribution in [0.2, 0.25) is 0 Å². The first-order valence-corrected chi connectivity index (χ1v) is 17.4. The molecule has 7 aromatic rings. The molecule has 1 atom stereocenters. The molecule has 0 radical (unpaired) electrons. The Morgan fingerprint density at radius 3 is 1.87 bits per heavy atom. The van der Waals surface area contributed by atoms with Crippen LogP contribution in [0.3, 0.4) is 0 Å². The van der Waals surface area contributed by atoms with Crippen LogP contribution in [-0.2, 0) is 0 Å². The van der Waals surface area contributed by atoms with Crippen molar-refractivity contribution in [2.45, 2.75) is 26.4 Å². The molecule has 0 saturated heterocycles. The van der Waals surface area contributed by atoms with E-state index < -0.39 is 10.0 Å². The van der Waals surface area contributed by atoms with Crippen LogP contribution in [0.5, 0.6) is 0 Å². The molecule has 0 bridgehead atoms. The molecule has 1 aromatic heterocycles. The fourth-order valence-electron chi connectivity index (χ4n) is 7.05. The lowest BCUT2D eigenvalue weighted by atomic mass is 9.99. The first-order chi connectivity index (χ1) is 22.8. The fourth-order valence-corrected chi connectivity index (χ4v) is 11.4. The molecule has 1 unspecified atom stereocenters. The number of rotatable bonds is 6. The van der Waals surface area contributed by atoms with Gasteiger partial charge in [0, 0.05) is 26.6 Å². The van der Waals surface area contributed by atoms with Gasteiger partial charge in [0.1, 0.15) is 0 Å². The first kappa shape index (κ1) is 28.0. The van der Waals surface area contributed by atoms with Gasteiger partial charge in [0.2, 0.25) is 0 Å². The highest BCUT2D eigenvalue weighted by Crippen LogP contribution is 2.73. The SMILES string of the molecule is N#Cc1ccc2c(c1)c1ccc(S(c3ccccc3)(c3ccccc3)C3C=C(c4ccccc4)C=CC3)cc1n2-c1ccccc1. The molecule has 8 rings (SSSR count). The Hall–Kier alpha value is -5.56. The van der Waals surface area contributed by atoms with E-state index in [9.17, 15) is 5.26 Å². The lowest BCUT2D eigenvalue weighted by molar-refractivity contribution is 1.02. The number of allylic oxidation sites excluding steroid dienone is 3. The second kappa shape index (κ2) is 11.7. The molecule has 0 saturated carbocycles. The molecular weight excluding hydrogens is 577 g/mol. The number of fused-ring (bicyclic) bond motifs is 3. The summed E-state index contributed by atoms with van der Waals surface area (Å²) in [6, 6.07) is 59.1. The Balaban J connectivity index is 1.47. The van der Waals surface area contributed by atoms with Gasteiger partial charge in [0.05, 0.1) is 22.7 Å². The number of aromatic nitrogens is 1. The van der Waals surface area contributed by atoms with Gasteiger partial charge in [-0.2, -0.15) is 15.3 Å². The van der Waals surface area contributed by atoms with Gasteiger partial charge in [0.15, 0.2) is 0 Å². The van der Waals surface area contributed by atoms with Gasteiger partial charge in [0.25, 0.3) is 0 Å². The normalized spacial score (nSPS) is 15.0. The summed E-state index contributed by atoms with van der Waals surface area (Å²) in [5, 5.41) is 12.3. The second-order valence-electron chi connectivity index (χ2n) is 11.6. The summed E-state index contributed by atoms with van der Waals surface area (Å²) < 4.78 is 2.36. The highest BCUT2D eigenvalue weighted by atomic mass is 32.3. The second-order valence-corrected chi connectivity index (χ2v) is 15.0. The molecule has 220 valence electrons. The molecule has 3 heteroatoms. The van der Waals surface area contributed by atoms with Gasteiger partial charge < -0.3 is 4.57 Å². The first-order valence-electron chi connectivity index (χ1n) is 15.7. The maximum atomic E-state index is 9.78. The summed E-state index contributed by atoms with van der Waals surface area (Å²) in [6.45, 7) is 0. The van der Waals surface area contributed by atoms with Crippen molar-refractivity contribution in [2.75, 3.05) is 0 Å². The third-order valence-electron chi connectivity index (χ3n) is 9.08. The van der Waals surface area contributed by atoms with E-state index in [0.717, 1.165) is 33.9 Å². The summed E-state index contributed by atoms with van der Waals surface area (Å²) in [5.74, 6) is 0. The van der Waals surface area contributed by atoms with Crippen LogP contribution >= 0.6 is 10.0 Å². The third-order valence-corrected chi connectivity index (χ3v) is 13.3. The van der Waals surface area contributed by atoms with Crippen molar-refractivity contribution in [3.63, 3.8) is 0 Å². The van der Waals surface area contributed by atoms with Gasteiger partial charge in [-0.15, -0.1) is 0 Å². The quantitative estimate of drug-likeness (QED) is 0.185. The molecule has 1 aliphatic carbocycles. The van der Waals surface area contributed by atoms with E-state index in [1.807, 2.05) is 12.1 Å². The summed E-state index contributed by atoms with van der Waals surface area (Å²) in [4.78, 5) is 4.01. The minimum absolute atomic E-state index is 0.231. The van der Waals surface area contributed by atoms with Crippen molar-refractivity contribution in [1.82, 2.24) is 4.57 Å². The van der Waals surface area contributed by atoms with Crippen LogP contribution in [0.4, 0.5) is 0 Å². The molecule has 1 heterocycles. The number of hydrogen-bond donors (Lipinski definition) is 0. The molecule has 0 fully saturated rings. The standard InChI is InChI=1S/C43H32N2S/c44-31-32-24-27-42-41(28-32)40-26-25-39(30-43(40)45(42)35-17-7-2-8-18-35)46(36-19-9-3-10-20-36,37-21-11-4-12-22-37)38-23-13-16-34(29-38)33-14-5-1-6-15-33/h1-22,24-30,38H,23H2. The van der Waals surface area contributed by atoms with Gasteiger partial charge >= 0.3 is 0 Å². The summed E-state index contributed by atoms with van der Waals surface area (Å²) in [5.41, 5.74) is 6.54. The number of nitrogens with zero attached hydrogens (tertiary/aromatic N) is 2. The molecule has 0 amide bonds. The highest BCUT2D eigenvalue weighted by Gasteiger charge is 2.38. The van der Waals surface area contributed by atoms with Crippen molar-refractivity contribution in [1.29, 1.82) is 5.26 Å². The van der Waals surface area contributed by atoms with E-state index in [1.165, 1.54) is 25.8 Å². The zero-order chi connectivity index (χ0) is 30.9. The Labute approximate surface area is 271 Å². The van der Waals surface area contributed by atoms with Crippen molar-refractivity contribution < 1.29 is 0 Å². The Morgan fingerprint density at radius 1 is 0.587 bits per heavy atom. The van der Waals surface area contributed by atoms with E-state index in [1.54, 1.807) is 0 Å². The van der Waals surface area contributed by atoms with Crippen molar-refractivity contribution in [3.05, 3.63) is 187 Å². The van der Waals surface area contributed by atoms with E-state index in [0.29, 0.717) is 5.56 Å². The minimum Gasteiger partial charge on any atom is -0.309 e. The number of benzene rings is 6. The number of hydrogen-bond acceptors (Lipinski definition) is 1. The van der Waals surface area contributed by atoms with Crippen LogP contribution in [-0.4, -0.2) is 9.82 Å². The van der Waals surface area contributed by atoms with Crippen LogP contribution in [0.25, 0.3) is 33.1 Å². The molecular formula is C43H32N2S. The van der Waals surface area contributed by atoms with Crippen LogP contribution in [0, 0.1) is 11.3 Å². The van der Waals surface area contributed by atoms with Crippen LogP contribution < -0.4 is 0 Å². The fraction of sp³-hybridized carbons (Fsp3) is 0.0465. The Bertz CT molecular complexity index is 2240. The van der Waals surface area contributed by atoms with E-state index in [-0.39, 0.29) is 5.25 Å².